The monoisotopic (exact) mass is 283 g/mol. The first-order valence-corrected chi connectivity index (χ1v) is 6.50. The van der Waals surface area contributed by atoms with Crippen LogP contribution >= 0.6 is 23.2 Å². The van der Waals surface area contributed by atoms with Gasteiger partial charge < -0.3 is 5.73 Å². The topological polar surface area (TPSA) is 43.8 Å². The second-order valence-corrected chi connectivity index (χ2v) is 5.17. The summed E-state index contributed by atoms with van der Waals surface area (Å²) in [6, 6.07) is 7.36. The fourth-order valence-corrected chi connectivity index (χ4v) is 2.45. The van der Waals surface area contributed by atoms with Crippen LogP contribution in [0.3, 0.4) is 0 Å². The number of rotatable bonds is 4. The molecule has 0 aliphatic heterocycles. The molecule has 0 spiro atoms. The molecule has 2 N–H and O–H groups in total. The first-order chi connectivity index (χ1) is 8.56. The van der Waals surface area contributed by atoms with Crippen molar-refractivity contribution in [1.29, 1.82) is 0 Å². The van der Waals surface area contributed by atoms with Gasteiger partial charge >= 0.3 is 0 Å². The van der Waals surface area contributed by atoms with Crippen LogP contribution in [0.1, 0.15) is 23.7 Å². The van der Waals surface area contributed by atoms with Crippen LogP contribution in [-0.4, -0.2) is 9.78 Å². The summed E-state index contributed by atoms with van der Waals surface area (Å²) in [4.78, 5) is 0. The molecule has 0 amide bonds. The van der Waals surface area contributed by atoms with Crippen LogP contribution in [0.4, 0.5) is 0 Å². The van der Waals surface area contributed by atoms with Gasteiger partial charge in [-0.1, -0.05) is 23.2 Å². The van der Waals surface area contributed by atoms with Gasteiger partial charge in [0.2, 0.25) is 0 Å². The van der Waals surface area contributed by atoms with Gasteiger partial charge in [-0.25, -0.2) is 0 Å². The first-order valence-electron chi connectivity index (χ1n) is 5.74. The minimum atomic E-state index is -0.0731. The third-order valence-corrected chi connectivity index (χ3v) is 3.38. The van der Waals surface area contributed by atoms with Crippen molar-refractivity contribution in [2.24, 2.45) is 12.8 Å². The molecular formula is C13H15Cl2N3. The van der Waals surface area contributed by atoms with Crippen molar-refractivity contribution in [2.75, 3.05) is 0 Å². The molecule has 0 aliphatic carbocycles. The lowest BCUT2D eigenvalue weighted by Gasteiger charge is -2.13. The van der Waals surface area contributed by atoms with Crippen LogP contribution in [0, 0.1) is 0 Å². The molecule has 0 aliphatic rings. The summed E-state index contributed by atoms with van der Waals surface area (Å²) in [5.74, 6) is 0. The molecule has 2 aromatic rings. The van der Waals surface area contributed by atoms with Gasteiger partial charge in [0.1, 0.15) is 0 Å². The van der Waals surface area contributed by atoms with E-state index in [1.807, 2.05) is 29.9 Å². The summed E-state index contributed by atoms with van der Waals surface area (Å²) in [7, 11) is 1.93. The van der Waals surface area contributed by atoms with E-state index in [0.29, 0.717) is 10.0 Å². The zero-order valence-electron chi connectivity index (χ0n) is 10.1. The number of benzene rings is 1. The van der Waals surface area contributed by atoms with E-state index in [1.165, 1.54) is 5.69 Å². The molecule has 5 heteroatoms. The summed E-state index contributed by atoms with van der Waals surface area (Å²) in [5, 5.41) is 5.37. The van der Waals surface area contributed by atoms with Crippen LogP contribution in [0.5, 0.6) is 0 Å². The zero-order chi connectivity index (χ0) is 13.1. The molecule has 18 heavy (non-hydrogen) atoms. The van der Waals surface area contributed by atoms with Gasteiger partial charge in [-0.2, -0.15) is 5.10 Å². The van der Waals surface area contributed by atoms with Crippen LogP contribution in [0.15, 0.2) is 30.5 Å². The van der Waals surface area contributed by atoms with Crippen molar-refractivity contribution in [3.63, 3.8) is 0 Å². The summed E-state index contributed by atoms with van der Waals surface area (Å²) < 4.78 is 1.86. The second-order valence-electron chi connectivity index (χ2n) is 4.29. The van der Waals surface area contributed by atoms with Gasteiger partial charge in [0.15, 0.2) is 0 Å². The summed E-state index contributed by atoms with van der Waals surface area (Å²) in [6.07, 6.45) is 3.50. The Balaban J connectivity index is 2.03. The fraction of sp³-hybridized carbons (Fsp3) is 0.308. The van der Waals surface area contributed by atoms with Crippen LogP contribution in [-0.2, 0) is 13.5 Å². The summed E-state index contributed by atoms with van der Waals surface area (Å²) in [6.45, 7) is 0. The predicted octanol–water partition coefficient (Wildman–Crippen LogP) is 3.36. The lowest BCUT2D eigenvalue weighted by Crippen LogP contribution is -2.12. The number of aromatic nitrogens is 2. The lowest BCUT2D eigenvalue weighted by molar-refractivity contribution is 0.614. The van der Waals surface area contributed by atoms with E-state index in [2.05, 4.69) is 5.10 Å². The number of nitrogens with two attached hydrogens (primary N) is 1. The molecule has 0 fully saturated rings. The van der Waals surface area contributed by atoms with Crippen LogP contribution in [0.25, 0.3) is 0 Å². The van der Waals surface area contributed by atoms with Crippen molar-refractivity contribution in [3.05, 3.63) is 51.8 Å². The maximum atomic E-state index is 6.15. The largest absolute Gasteiger partial charge is 0.324 e. The van der Waals surface area contributed by atoms with E-state index < -0.39 is 0 Å². The molecule has 0 saturated carbocycles. The quantitative estimate of drug-likeness (QED) is 0.935. The second kappa shape index (κ2) is 5.74. The van der Waals surface area contributed by atoms with E-state index in [9.17, 15) is 0 Å². The van der Waals surface area contributed by atoms with Gasteiger partial charge in [-0.3, -0.25) is 4.68 Å². The van der Waals surface area contributed by atoms with Crippen molar-refractivity contribution in [2.45, 2.75) is 18.9 Å². The third kappa shape index (κ3) is 3.25. The van der Waals surface area contributed by atoms with Crippen molar-refractivity contribution in [3.8, 4) is 0 Å². The zero-order valence-corrected chi connectivity index (χ0v) is 11.6. The number of nitrogens with zero attached hydrogens (tertiary/aromatic N) is 2. The molecule has 1 heterocycles. The van der Waals surface area contributed by atoms with Crippen LogP contribution < -0.4 is 5.73 Å². The summed E-state index contributed by atoms with van der Waals surface area (Å²) in [5.41, 5.74) is 8.29. The van der Waals surface area contributed by atoms with Crippen molar-refractivity contribution < 1.29 is 0 Å². The van der Waals surface area contributed by atoms with Gasteiger partial charge in [-0.05, 0) is 42.7 Å². The SMILES string of the molecule is Cn1nccc1CCC(N)c1cc(Cl)cc(Cl)c1. The van der Waals surface area contributed by atoms with Gasteiger partial charge in [0.05, 0.1) is 0 Å². The molecule has 1 atom stereocenters. The van der Waals surface area contributed by atoms with E-state index in [1.54, 1.807) is 12.3 Å². The number of aryl methyl sites for hydroxylation is 2. The highest BCUT2D eigenvalue weighted by Crippen LogP contribution is 2.24. The lowest BCUT2D eigenvalue weighted by atomic mass is 10.0. The Morgan fingerprint density at radius 1 is 1.28 bits per heavy atom. The van der Waals surface area contributed by atoms with E-state index >= 15 is 0 Å². The molecule has 1 unspecified atom stereocenters. The van der Waals surface area contributed by atoms with Crippen molar-refractivity contribution in [1.82, 2.24) is 9.78 Å². The Hall–Kier alpha value is -1.03. The Kier molecular flexibility index (Phi) is 4.27. The normalized spacial score (nSPS) is 12.7. The highest BCUT2D eigenvalue weighted by Gasteiger charge is 2.09. The number of hydrogen-bond acceptors (Lipinski definition) is 2. The summed E-state index contributed by atoms with van der Waals surface area (Å²) >= 11 is 11.9. The molecule has 2 rings (SSSR count). The Labute approximate surface area is 117 Å². The average Bonchev–Trinajstić information content (AvgIpc) is 2.70. The molecule has 96 valence electrons. The highest BCUT2D eigenvalue weighted by atomic mass is 35.5. The molecule has 0 radical (unpaired) electrons. The van der Waals surface area contributed by atoms with Gasteiger partial charge in [0.25, 0.3) is 0 Å². The van der Waals surface area contributed by atoms with E-state index in [-0.39, 0.29) is 6.04 Å². The fourth-order valence-electron chi connectivity index (χ4n) is 1.91. The van der Waals surface area contributed by atoms with Gasteiger partial charge in [-0.15, -0.1) is 0 Å². The molecule has 1 aromatic carbocycles. The molecular weight excluding hydrogens is 269 g/mol. The molecule has 0 bridgehead atoms. The molecule has 1 aromatic heterocycles. The third-order valence-electron chi connectivity index (χ3n) is 2.95. The first kappa shape index (κ1) is 13.4. The maximum absolute atomic E-state index is 6.15. The average molecular weight is 284 g/mol. The Morgan fingerprint density at radius 3 is 2.50 bits per heavy atom. The van der Waals surface area contributed by atoms with Crippen molar-refractivity contribution >= 4 is 23.2 Å². The Morgan fingerprint density at radius 2 is 1.94 bits per heavy atom. The maximum Gasteiger partial charge on any atom is 0.0492 e. The minimum absolute atomic E-state index is 0.0731. The number of hydrogen-bond donors (Lipinski definition) is 1. The highest BCUT2D eigenvalue weighted by molar-refractivity contribution is 6.34. The number of halogens is 2. The van der Waals surface area contributed by atoms with E-state index in [4.69, 9.17) is 28.9 Å². The minimum Gasteiger partial charge on any atom is -0.324 e. The van der Waals surface area contributed by atoms with E-state index in [0.717, 1.165) is 18.4 Å². The standard InChI is InChI=1S/C13H15Cl2N3/c1-18-12(4-5-17-18)2-3-13(16)9-6-10(14)8-11(15)7-9/h4-8,13H,2-3,16H2,1H3. The smallest absolute Gasteiger partial charge is 0.0492 e. The van der Waals surface area contributed by atoms with Gasteiger partial charge in [0, 0.05) is 35.0 Å². The van der Waals surface area contributed by atoms with Crippen LogP contribution in [0.2, 0.25) is 10.0 Å². The Bertz CT molecular complexity index is 517. The molecule has 3 nitrogen and oxygen atoms in total. The molecule has 0 saturated heterocycles. The predicted molar refractivity (Wildman–Crippen MR) is 74.9 cm³/mol.